The number of carbonyl (C=O) groups excluding carboxylic acids is 1. The summed E-state index contributed by atoms with van der Waals surface area (Å²) in [7, 11) is 1.46. The van der Waals surface area contributed by atoms with E-state index < -0.39 is 17.7 Å². The molecule has 10 heteroatoms. The summed E-state index contributed by atoms with van der Waals surface area (Å²) in [6.07, 6.45) is 0.472. The fourth-order valence-electron chi connectivity index (χ4n) is 4.20. The molecule has 174 valence electrons. The highest BCUT2D eigenvalue weighted by atomic mass is 19.1. The average Bonchev–Trinajstić information content (AvgIpc) is 2.83. The van der Waals surface area contributed by atoms with Crippen molar-refractivity contribution in [3.8, 4) is 0 Å². The molecule has 0 unspecified atom stereocenters. The van der Waals surface area contributed by atoms with E-state index in [9.17, 15) is 14.0 Å². The maximum atomic E-state index is 15.3. The number of carbonyl (C=O) groups is 1. The van der Waals surface area contributed by atoms with Gasteiger partial charge in [0.2, 0.25) is 5.95 Å². The number of anilines is 1. The Morgan fingerprint density at radius 3 is 2.52 bits per heavy atom. The van der Waals surface area contributed by atoms with Gasteiger partial charge in [0.1, 0.15) is 16.9 Å². The Labute approximate surface area is 189 Å². The van der Waals surface area contributed by atoms with Gasteiger partial charge in [-0.3, -0.25) is 14.5 Å². The van der Waals surface area contributed by atoms with Gasteiger partial charge in [0.25, 0.3) is 11.5 Å². The van der Waals surface area contributed by atoms with Crippen LogP contribution in [-0.4, -0.2) is 59.0 Å². The summed E-state index contributed by atoms with van der Waals surface area (Å²) in [5.41, 5.74) is 1.38. The van der Waals surface area contributed by atoms with E-state index in [1.165, 1.54) is 13.1 Å². The van der Waals surface area contributed by atoms with Crippen molar-refractivity contribution >= 4 is 22.6 Å². The molecule has 33 heavy (non-hydrogen) atoms. The molecule has 3 aromatic rings. The number of aromatic amines is 1. The standard InChI is InChI=1S/C23H26F2N6O2/c1-4-15-23(33)29-20-16(27-15)6-5-14(19(20)24)13(2)30-9-11-31(12-10-30)18-8-7-17(22(32)26-3)28-21(18)25/h5-8,13H,4,9-12H2,1-3H3,(H,26,32)(H,29,33)/t13-/m1/s1. The van der Waals surface area contributed by atoms with Gasteiger partial charge in [0.05, 0.1) is 11.2 Å². The van der Waals surface area contributed by atoms with Crippen LogP contribution < -0.4 is 15.8 Å². The number of hydrogen-bond donors (Lipinski definition) is 2. The number of nitrogens with one attached hydrogen (secondary N) is 2. The summed E-state index contributed by atoms with van der Waals surface area (Å²) in [6, 6.07) is 6.24. The second kappa shape index (κ2) is 9.22. The zero-order chi connectivity index (χ0) is 23.7. The van der Waals surface area contributed by atoms with Crippen molar-refractivity contribution in [2.24, 2.45) is 0 Å². The first-order valence-corrected chi connectivity index (χ1v) is 10.9. The van der Waals surface area contributed by atoms with Crippen LogP contribution in [0.4, 0.5) is 14.5 Å². The third-order valence-corrected chi connectivity index (χ3v) is 6.18. The topological polar surface area (TPSA) is 94.2 Å². The third kappa shape index (κ3) is 4.30. The number of piperazine rings is 1. The highest BCUT2D eigenvalue weighted by Gasteiger charge is 2.26. The molecule has 1 aliphatic heterocycles. The van der Waals surface area contributed by atoms with Crippen LogP contribution in [0, 0.1) is 11.8 Å². The smallest absolute Gasteiger partial charge is 0.270 e. The van der Waals surface area contributed by atoms with Gasteiger partial charge in [0.15, 0.2) is 5.82 Å². The van der Waals surface area contributed by atoms with Gasteiger partial charge in [-0.05, 0) is 31.5 Å². The number of aromatic nitrogens is 3. The summed E-state index contributed by atoms with van der Waals surface area (Å²) < 4.78 is 29.8. The van der Waals surface area contributed by atoms with Crippen molar-refractivity contribution in [2.45, 2.75) is 26.3 Å². The van der Waals surface area contributed by atoms with Gasteiger partial charge in [-0.2, -0.15) is 4.39 Å². The summed E-state index contributed by atoms with van der Waals surface area (Å²) >= 11 is 0. The number of amides is 1. The van der Waals surface area contributed by atoms with Crippen molar-refractivity contribution in [3.05, 3.63) is 63.3 Å². The lowest BCUT2D eigenvalue weighted by molar-refractivity contribution is 0.0957. The van der Waals surface area contributed by atoms with Gasteiger partial charge in [0, 0.05) is 44.8 Å². The van der Waals surface area contributed by atoms with Crippen LogP contribution in [0.5, 0.6) is 0 Å². The van der Waals surface area contributed by atoms with E-state index >= 15 is 4.39 Å². The molecule has 1 amide bonds. The lowest BCUT2D eigenvalue weighted by Crippen LogP contribution is -2.47. The van der Waals surface area contributed by atoms with Gasteiger partial charge in [-0.15, -0.1) is 0 Å². The molecule has 1 aromatic carbocycles. The number of fused-ring (bicyclic) bond motifs is 1. The zero-order valence-corrected chi connectivity index (χ0v) is 18.8. The largest absolute Gasteiger partial charge is 0.365 e. The minimum atomic E-state index is -0.693. The molecule has 0 saturated carbocycles. The Hall–Kier alpha value is -3.40. The SMILES string of the molecule is CCc1nc2ccc([C@@H](C)N3CCN(c4ccc(C(=O)NC)nc4F)CC3)c(F)c2[nH]c1=O. The molecule has 4 rings (SSSR count). The predicted molar refractivity (Wildman–Crippen MR) is 121 cm³/mol. The molecule has 1 fully saturated rings. The van der Waals surface area contributed by atoms with Crippen LogP contribution in [0.1, 0.15) is 41.6 Å². The summed E-state index contributed by atoms with van der Waals surface area (Å²) in [6.45, 7) is 5.95. The number of nitrogens with zero attached hydrogens (tertiary/aromatic N) is 4. The van der Waals surface area contributed by atoms with E-state index in [1.807, 2.05) is 18.7 Å². The van der Waals surface area contributed by atoms with Crippen molar-refractivity contribution in [2.75, 3.05) is 38.1 Å². The molecule has 0 spiro atoms. The van der Waals surface area contributed by atoms with Crippen molar-refractivity contribution in [1.29, 1.82) is 0 Å². The summed E-state index contributed by atoms with van der Waals surface area (Å²) in [5, 5.41) is 2.42. The van der Waals surface area contributed by atoms with Crippen molar-refractivity contribution in [1.82, 2.24) is 25.2 Å². The highest BCUT2D eigenvalue weighted by molar-refractivity contribution is 5.92. The molecule has 1 aliphatic rings. The van der Waals surface area contributed by atoms with Gasteiger partial charge < -0.3 is 15.2 Å². The van der Waals surface area contributed by atoms with E-state index in [1.54, 1.807) is 18.2 Å². The van der Waals surface area contributed by atoms with Crippen LogP contribution in [0.3, 0.4) is 0 Å². The number of H-pyrrole nitrogens is 1. The fourth-order valence-corrected chi connectivity index (χ4v) is 4.20. The Morgan fingerprint density at radius 2 is 1.88 bits per heavy atom. The lowest BCUT2D eigenvalue weighted by Gasteiger charge is -2.39. The maximum Gasteiger partial charge on any atom is 0.270 e. The predicted octanol–water partition coefficient (Wildman–Crippen LogP) is 2.40. The highest BCUT2D eigenvalue weighted by Crippen LogP contribution is 2.29. The minimum Gasteiger partial charge on any atom is -0.365 e. The van der Waals surface area contributed by atoms with E-state index in [0.29, 0.717) is 55.1 Å². The molecular formula is C23H26F2N6O2. The van der Waals surface area contributed by atoms with Gasteiger partial charge in [-0.25, -0.2) is 14.4 Å². The number of aryl methyl sites for hydroxylation is 1. The van der Waals surface area contributed by atoms with E-state index in [-0.39, 0.29) is 22.8 Å². The molecule has 1 atom stereocenters. The van der Waals surface area contributed by atoms with Crippen LogP contribution in [-0.2, 0) is 6.42 Å². The number of halogens is 2. The van der Waals surface area contributed by atoms with Crippen LogP contribution in [0.25, 0.3) is 11.0 Å². The first-order valence-electron chi connectivity index (χ1n) is 10.9. The molecule has 3 heterocycles. The number of benzene rings is 1. The lowest BCUT2D eigenvalue weighted by atomic mass is 10.0. The summed E-state index contributed by atoms with van der Waals surface area (Å²) in [5.74, 6) is -1.62. The normalized spacial score (nSPS) is 15.6. The van der Waals surface area contributed by atoms with Gasteiger partial charge >= 0.3 is 0 Å². The zero-order valence-electron chi connectivity index (χ0n) is 18.8. The molecule has 0 radical (unpaired) electrons. The number of pyridine rings is 1. The van der Waals surface area contributed by atoms with Gasteiger partial charge in [-0.1, -0.05) is 13.0 Å². The second-order valence-corrected chi connectivity index (χ2v) is 8.01. The molecule has 0 bridgehead atoms. The quantitative estimate of drug-likeness (QED) is 0.573. The Bertz CT molecular complexity index is 1250. The molecule has 2 aromatic heterocycles. The average molecular weight is 456 g/mol. The second-order valence-electron chi connectivity index (χ2n) is 8.01. The maximum absolute atomic E-state index is 15.3. The van der Waals surface area contributed by atoms with Crippen molar-refractivity contribution in [3.63, 3.8) is 0 Å². The first kappa shape index (κ1) is 22.8. The molecule has 0 aliphatic carbocycles. The van der Waals surface area contributed by atoms with E-state index in [0.717, 1.165) is 0 Å². The number of hydrogen-bond acceptors (Lipinski definition) is 6. The van der Waals surface area contributed by atoms with Crippen LogP contribution in [0.15, 0.2) is 29.1 Å². The van der Waals surface area contributed by atoms with Crippen LogP contribution in [0.2, 0.25) is 0 Å². The van der Waals surface area contributed by atoms with Crippen LogP contribution >= 0.6 is 0 Å². The van der Waals surface area contributed by atoms with Crippen molar-refractivity contribution < 1.29 is 13.6 Å². The number of rotatable bonds is 5. The molecule has 1 saturated heterocycles. The third-order valence-electron chi connectivity index (χ3n) is 6.18. The Balaban J connectivity index is 1.50. The molecule has 8 nitrogen and oxygen atoms in total. The monoisotopic (exact) mass is 456 g/mol. The Morgan fingerprint density at radius 1 is 1.15 bits per heavy atom. The molecule has 2 N–H and O–H groups in total. The van der Waals surface area contributed by atoms with E-state index in [2.05, 4.69) is 25.2 Å². The fraction of sp³-hybridized carbons (Fsp3) is 0.391. The first-order chi connectivity index (χ1) is 15.8. The van der Waals surface area contributed by atoms with E-state index in [4.69, 9.17) is 0 Å². The molecular weight excluding hydrogens is 430 g/mol. The summed E-state index contributed by atoms with van der Waals surface area (Å²) in [4.78, 5) is 38.4. The minimum absolute atomic E-state index is 0.0244. The Kier molecular flexibility index (Phi) is 6.37.